The van der Waals surface area contributed by atoms with Gasteiger partial charge in [-0.2, -0.15) is 0 Å². The summed E-state index contributed by atoms with van der Waals surface area (Å²) in [5, 5.41) is 33.7. The topological polar surface area (TPSA) is 89.8 Å². The zero-order valence-corrected chi connectivity index (χ0v) is 43.6. The lowest BCUT2D eigenvalue weighted by atomic mass is 10.0. The zero-order chi connectivity index (χ0) is 47.2. The van der Waals surface area contributed by atoms with Crippen molar-refractivity contribution in [1.29, 1.82) is 0 Å². The van der Waals surface area contributed by atoms with Crippen molar-refractivity contribution >= 4 is 5.91 Å². The fourth-order valence-corrected chi connectivity index (χ4v) is 8.92. The molecule has 0 bridgehead atoms. The number of allylic oxidation sites excluding steroid dienone is 8. The van der Waals surface area contributed by atoms with E-state index in [2.05, 4.69) is 67.8 Å². The summed E-state index contributed by atoms with van der Waals surface area (Å²) in [4.78, 5) is 12.5. The minimum absolute atomic E-state index is 0.156. The highest BCUT2D eigenvalue weighted by Crippen LogP contribution is 2.17. The molecule has 0 saturated carbocycles. The van der Waals surface area contributed by atoms with Gasteiger partial charge in [0.1, 0.15) is 6.10 Å². The first-order valence-electron chi connectivity index (χ1n) is 28.9. The van der Waals surface area contributed by atoms with Crippen LogP contribution in [-0.2, 0) is 4.79 Å². The van der Waals surface area contributed by atoms with E-state index in [1.807, 2.05) is 0 Å². The van der Waals surface area contributed by atoms with Crippen LogP contribution >= 0.6 is 0 Å². The Bertz CT molecular complexity index is 1050. The largest absolute Gasteiger partial charge is 0.394 e. The number of hydrogen-bond acceptors (Lipinski definition) is 4. The van der Waals surface area contributed by atoms with Crippen LogP contribution in [0.2, 0.25) is 0 Å². The Balaban J connectivity index is 3.52. The third-order valence-corrected chi connectivity index (χ3v) is 13.4. The Morgan fingerprint density at radius 1 is 0.385 bits per heavy atom. The molecule has 0 radical (unpaired) electrons. The predicted octanol–water partition coefficient (Wildman–Crippen LogP) is 18.0. The molecule has 0 aliphatic rings. The summed E-state index contributed by atoms with van der Waals surface area (Å²) in [5.41, 5.74) is 0. The quantitative estimate of drug-likeness (QED) is 0.0361. The van der Waals surface area contributed by atoms with Crippen molar-refractivity contribution in [2.75, 3.05) is 6.61 Å². The van der Waals surface area contributed by atoms with Crippen LogP contribution in [0.25, 0.3) is 0 Å². The molecule has 1 amide bonds. The minimum Gasteiger partial charge on any atom is -0.394 e. The second kappa shape index (κ2) is 54.9. The Hall–Kier alpha value is -1.69. The number of nitrogens with one attached hydrogen (secondary N) is 1. The Morgan fingerprint density at radius 2 is 0.677 bits per heavy atom. The molecule has 0 fully saturated rings. The molecule has 0 aromatic heterocycles. The molecule has 0 aromatic carbocycles. The first-order valence-corrected chi connectivity index (χ1v) is 28.9. The number of unbranched alkanes of at least 4 members (excludes halogenated alkanes) is 37. The molecular formula is C60H113NO4. The normalized spacial score (nSPS) is 13.6. The van der Waals surface area contributed by atoms with Crippen LogP contribution in [0, 0.1) is 0 Å². The summed E-state index contributed by atoms with van der Waals surface area (Å²) >= 11 is 0. The molecule has 4 N–H and O–H groups in total. The van der Waals surface area contributed by atoms with Crippen molar-refractivity contribution in [2.24, 2.45) is 0 Å². The molecule has 0 saturated heterocycles. The maximum absolute atomic E-state index is 12.5. The highest BCUT2D eigenvalue weighted by atomic mass is 16.3. The van der Waals surface area contributed by atoms with Gasteiger partial charge in [0, 0.05) is 6.42 Å². The van der Waals surface area contributed by atoms with Gasteiger partial charge in [0.25, 0.3) is 0 Å². The van der Waals surface area contributed by atoms with Crippen LogP contribution in [0.5, 0.6) is 0 Å². The highest BCUT2D eigenvalue weighted by Gasteiger charge is 2.26. The fraction of sp³-hybridized carbons (Fsp3) is 0.850. The molecule has 3 atom stereocenters. The van der Waals surface area contributed by atoms with Crippen LogP contribution in [0.4, 0.5) is 0 Å². The maximum Gasteiger partial charge on any atom is 0.220 e. The number of amides is 1. The van der Waals surface area contributed by atoms with Gasteiger partial charge in [0.15, 0.2) is 0 Å². The summed E-state index contributed by atoms with van der Waals surface area (Å²) in [7, 11) is 0. The predicted molar refractivity (Wildman–Crippen MR) is 287 cm³/mol. The first-order chi connectivity index (χ1) is 32.1. The molecule has 382 valence electrons. The van der Waals surface area contributed by atoms with E-state index in [0.717, 1.165) is 51.4 Å². The average Bonchev–Trinajstić information content (AvgIpc) is 3.31. The maximum atomic E-state index is 12.5. The minimum atomic E-state index is -1.17. The van der Waals surface area contributed by atoms with E-state index in [0.29, 0.717) is 12.8 Å². The lowest BCUT2D eigenvalue weighted by molar-refractivity contribution is -0.124. The second-order valence-electron chi connectivity index (χ2n) is 19.8. The van der Waals surface area contributed by atoms with Gasteiger partial charge in [0.05, 0.1) is 18.8 Å². The van der Waals surface area contributed by atoms with Crippen molar-refractivity contribution in [3.63, 3.8) is 0 Å². The van der Waals surface area contributed by atoms with Crippen molar-refractivity contribution in [1.82, 2.24) is 5.32 Å². The number of carbonyl (C=O) groups is 1. The summed E-state index contributed by atoms with van der Waals surface area (Å²) in [6, 6.07) is -0.833. The molecule has 5 nitrogen and oxygen atoms in total. The van der Waals surface area contributed by atoms with E-state index >= 15 is 0 Å². The molecular weight excluding hydrogens is 799 g/mol. The highest BCUT2D eigenvalue weighted by molar-refractivity contribution is 5.76. The molecule has 0 aliphatic heterocycles. The standard InChI is InChI=1S/C60H113NO4/c1-3-5-7-9-11-13-15-17-19-21-22-23-24-25-26-27-28-29-30-31-32-33-34-35-36-37-38-39-41-43-45-47-49-51-53-55-59(64)61-57(56-62)60(65)58(63)54-52-50-48-46-44-42-40-20-18-16-14-12-10-8-6-4-2/h20,24-25,27-28,40,46,48,57-58,60,62-63,65H,3-19,21-23,26,29-39,41-45,47,49-56H2,1-2H3,(H,61,64)/b25-24-,28-27-,40-20+,48-46+. The van der Waals surface area contributed by atoms with Crippen molar-refractivity contribution in [2.45, 2.75) is 321 Å². The molecule has 0 aromatic rings. The van der Waals surface area contributed by atoms with Crippen molar-refractivity contribution < 1.29 is 20.1 Å². The van der Waals surface area contributed by atoms with E-state index in [1.165, 1.54) is 225 Å². The Labute approximate surface area is 406 Å². The fourth-order valence-electron chi connectivity index (χ4n) is 8.92. The van der Waals surface area contributed by atoms with Crippen LogP contribution in [0.1, 0.15) is 303 Å². The Morgan fingerprint density at radius 3 is 1.03 bits per heavy atom. The van der Waals surface area contributed by atoms with Gasteiger partial charge in [-0.3, -0.25) is 4.79 Å². The number of hydrogen-bond donors (Lipinski definition) is 4. The second-order valence-corrected chi connectivity index (χ2v) is 19.8. The SMILES string of the molecule is CCCCCCCCC/C=C/CC/C=C/CCCC(O)C(O)C(CO)NC(=O)CCCCCCCCCCCCCCCCCCC/C=C\C/C=C\CCCCCCCCCCCCC. The smallest absolute Gasteiger partial charge is 0.220 e. The lowest BCUT2D eigenvalue weighted by Crippen LogP contribution is -2.50. The van der Waals surface area contributed by atoms with E-state index in [4.69, 9.17) is 0 Å². The summed E-state index contributed by atoms with van der Waals surface area (Å²) in [5.74, 6) is -0.156. The van der Waals surface area contributed by atoms with E-state index in [1.54, 1.807) is 0 Å². The van der Waals surface area contributed by atoms with Gasteiger partial charge in [-0.1, -0.05) is 262 Å². The molecule has 0 rings (SSSR count). The van der Waals surface area contributed by atoms with Crippen molar-refractivity contribution in [3.8, 4) is 0 Å². The third-order valence-electron chi connectivity index (χ3n) is 13.4. The van der Waals surface area contributed by atoms with Crippen molar-refractivity contribution in [3.05, 3.63) is 48.6 Å². The lowest BCUT2D eigenvalue weighted by Gasteiger charge is -2.26. The monoisotopic (exact) mass is 912 g/mol. The molecule has 5 heteroatoms. The summed E-state index contributed by atoms with van der Waals surface area (Å²) < 4.78 is 0. The van der Waals surface area contributed by atoms with Gasteiger partial charge in [0.2, 0.25) is 5.91 Å². The molecule has 0 aliphatic carbocycles. The number of aliphatic hydroxyl groups excluding tert-OH is 3. The van der Waals surface area contributed by atoms with Crippen LogP contribution < -0.4 is 5.32 Å². The van der Waals surface area contributed by atoms with Gasteiger partial charge < -0.3 is 20.6 Å². The Kier molecular flexibility index (Phi) is 53.5. The van der Waals surface area contributed by atoms with Gasteiger partial charge >= 0.3 is 0 Å². The molecule has 0 heterocycles. The summed E-state index contributed by atoms with van der Waals surface area (Å²) in [6.07, 6.45) is 72.8. The van der Waals surface area contributed by atoms with Gasteiger partial charge in [-0.25, -0.2) is 0 Å². The van der Waals surface area contributed by atoms with E-state index < -0.39 is 18.2 Å². The first kappa shape index (κ1) is 63.3. The number of rotatable bonds is 53. The summed E-state index contributed by atoms with van der Waals surface area (Å²) in [6.45, 7) is 4.18. The van der Waals surface area contributed by atoms with E-state index in [9.17, 15) is 20.1 Å². The molecule has 0 spiro atoms. The number of carbonyl (C=O) groups excluding carboxylic acids is 1. The van der Waals surface area contributed by atoms with Crippen LogP contribution in [0.15, 0.2) is 48.6 Å². The van der Waals surface area contributed by atoms with Gasteiger partial charge in [-0.05, 0) is 83.5 Å². The van der Waals surface area contributed by atoms with Gasteiger partial charge in [-0.15, -0.1) is 0 Å². The third kappa shape index (κ3) is 50.0. The average molecular weight is 913 g/mol. The molecule has 3 unspecified atom stereocenters. The zero-order valence-electron chi connectivity index (χ0n) is 43.6. The van der Waals surface area contributed by atoms with E-state index in [-0.39, 0.29) is 12.5 Å². The molecule has 65 heavy (non-hydrogen) atoms. The van der Waals surface area contributed by atoms with Crippen LogP contribution in [0.3, 0.4) is 0 Å². The van der Waals surface area contributed by atoms with Crippen LogP contribution in [-0.4, -0.2) is 46.1 Å². The number of aliphatic hydroxyl groups is 3.